The molecule has 4 heteroatoms. The van der Waals surface area contributed by atoms with Crippen molar-refractivity contribution < 1.29 is 5.11 Å². The minimum atomic E-state index is 0.265. The van der Waals surface area contributed by atoms with E-state index in [1.807, 2.05) is 19.9 Å². The van der Waals surface area contributed by atoms with E-state index in [1.54, 1.807) is 0 Å². The molecular weight excluding hydrogens is 190 g/mol. The number of aliphatic hydroxyl groups is 1. The van der Waals surface area contributed by atoms with Gasteiger partial charge in [0.25, 0.3) is 0 Å². The molecule has 1 fully saturated rings. The van der Waals surface area contributed by atoms with Crippen molar-refractivity contribution in [2.75, 3.05) is 24.6 Å². The SMILES string of the molecule is Cc1cc(C)nc(N2CCC(CO)C2)n1. The van der Waals surface area contributed by atoms with E-state index in [1.165, 1.54) is 0 Å². The summed E-state index contributed by atoms with van der Waals surface area (Å²) < 4.78 is 0. The third-order valence-corrected chi connectivity index (χ3v) is 2.80. The van der Waals surface area contributed by atoms with Crippen LogP contribution in [0.5, 0.6) is 0 Å². The molecule has 2 heterocycles. The molecule has 1 N–H and O–H groups in total. The van der Waals surface area contributed by atoms with Gasteiger partial charge in [0.2, 0.25) is 5.95 Å². The van der Waals surface area contributed by atoms with Crippen LogP contribution in [0.15, 0.2) is 6.07 Å². The lowest BCUT2D eigenvalue weighted by Crippen LogP contribution is -2.23. The average Bonchev–Trinajstić information content (AvgIpc) is 2.64. The quantitative estimate of drug-likeness (QED) is 0.783. The van der Waals surface area contributed by atoms with E-state index >= 15 is 0 Å². The Morgan fingerprint density at radius 3 is 2.60 bits per heavy atom. The zero-order valence-electron chi connectivity index (χ0n) is 9.27. The van der Waals surface area contributed by atoms with Crippen molar-refractivity contribution in [1.82, 2.24) is 9.97 Å². The van der Waals surface area contributed by atoms with E-state index in [0.29, 0.717) is 5.92 Å². The summed E-state index contributed by atoms with van der Waals surface area (Å²) in [6, 6.07) is 1.98. The van der Waals surface area contributed by atoms with Crippen LogP contribution in [0.2, 0.25) is 0 Å². The normalized spacial score (nSPS) is 21.0. The summed E-state index contributed by atoms with van der Waals surface area (Å²) in [5.74, 6) is 1.19. The Morgan fingerprint density at radius 1 is 1.40 bits per heavy atom. The second-order valence-electron chi connectivity index (χ2n) is 4.23. The summed E-state index contributed by atoms with van der Waals surface area (Å²) in [4.78, 5) is 11.0. The molecule has 0 bridgehead atoms. The van der Waals surface area contributed by atoms with Crippen molar-refractivity contribution in [3.05, 3.63) is 17.5 Å². The second-order valence-corrected chi connectivity index (χ2v) is 4.23. The molecule has 0 radical (unpaired) electrons. The van der Waals surface area contributed by atoms with Crippen molar-refractivity contribution in [2.45, 2.75) is 20.3 Å². The average molecular weight is 207 g/mol. The van der Waals surface area contributed by atoms with Crippen LogP contribution in [-0.2, 0) is 0 Å². The highest BCUT2D eigenvalue weighted by atomic mass is 16.3. The number of hydrogen-bond donors (Lipinski definition) is 1. The van der Waals surface area contributed by atoms with Crippen LogP contribution in [0.4, 0.5) is 5.95 Å². The molecule has 1 saturated heterocycles. The molecule has 1 aliphatic heterocycles. The Morgan fingerprint density at radius 2 is 2.07 bits per heavy atom. The third-order valence-electron chi connectivity index (χ3n) is 2.80. The fraction of sp³-hybridized carbons (Fsp3) is 0.636. The van der Waals surface area contributed by atoms with E-state index in [9.17, 15) is 0 Å². The number of rotatable bonds is 2. The first-order valence-corrected chi connectivity index (χ1v) is 5.37. The summed E-state index contributed by atoms with van der Waals surface area (Å²) in [6.45, 7) is 6.06. The molecule has 0 aliphatic carbocycles. The van der Waals surface area contributed by atoms with Crippen LogP contribution in [-0.4, -0.2) is 34.8 Å². The predicted octanol–water partition coefficient (Wildman–Crippen LogP) is 0.912. The third kappa shape index (κ3) is 2.26. The minimum absolute atomic E-state index is 0.265. The summed E-state index contributed by atoms with van der Waals surface area (Å²) >= 11 is 0. The smallest absolute Gasteiger partial charge is 0.225 e. The molecule has 1 aromatic heterocycles. The molecule has 2 rings (SSSR count). The fourth-order valence-electron chi connectivity index (χ4n) is 2.01. The highest BCUT2D eigenvalue weighted by Crippen LogP contribution is 2.20. The van der Waals surface area contributed by atoms with Crippen LogP contribution in [0.3, 0.4) is 0 Å². The zero-order chi connectivity index (χ0) is 10.8. The van der Waals surface area contributed by atoms with Crippen LogP contribution in [0.1, 0.15) is 17.8 Å². The topological polar surface area (TPSA) is 49.2 Å². The van der Waals surface area contributed by atoms with Crippen LogP contribution >= 0.6 is 0 Å². The second kappa shape index (κ2) is 4.14. The van der Waals surface area contributed by atoms with Gasteiger partial charge < -0.3 is 10.0 Å². The predicted molar refractivity (Wildman–Crippen MR) is 58.9 cm³/mol. The molecule has 0 aromatic carbocycles. The van der Waals surface area contributed by atoms with Gasteiger partial charge in [-0.05, 0) is 26.3 Å². The maximum absolute atomic E-state index is 9.07. The van der Waals surface area contributed by atoms with Gasteiger partial charge in [0.1, 0.15) is 0 Å². The summed E-state index contributed by atoms with van der Waals surface area (Å²) in [5.41, 5.74) is 2.01. The fourth-order valence-corrected chi connectivity index (χ4v) is 2.01. The standard InChI is InChI=1S/C11H17N3O/c1-8-5-9(2)13-11(12-8)14-4-3-10(6-14)7-15/h5,10,15H,3-4,6-7H2,1-2H3. The van der Waals surface area contributed by atoms with Gasteiger partial charge in [-0.2, -0.15) is 0 Å². The first-order chi connectivity index (χ1) is 7.19. The molecule has 1 unspecified atom stereocenters. The largest absolute Gasteiger partial charge is 0.396 e. The Balaban J connectivity index is 2.16. The summed E-state index contributed by atoms with van der Waals surface area (Å²) in [7, 11) is 0. The molecule has 4 nitrogen and oxygen atoms in total. The molecular formula is C11H17N3O. The highest BCUT2D eigenvalue weighted by Gasteiger charge is 2.23. The Kier molecular flexibility index (Phi) is 2.86. The molecule has 0 saturated carbocycles. The number of aryl methyl sites for hydroxylation is 2. The van der Waals surface area contributed by atoms with Crippen LogP contribution in [0, 0.1) is 19.8 Å². The minimum Gasteiger partial charge on any atom is -0.396 e. The first-order valence-electron chi connectivity index (χ1n) is 5.37. The van der Waals surface area contributed by atoms with Gasteiger partial charge in [0, 0.05) is 37.0 Å². The van der Waals surface area contributed by atoms with Gasteiger partial charge in [0.15, 0.2) is 0 Å². The Bertz CT molecular complexity index is 333. The van der Waals surface area contributed by atoms with Gasteiger partial charge in [-0.3, -0.25) is 0 Å². The molecule has 15 heavy (non-hydrogen) atoms. The lowest BCUT2D eigenvalue weighted by molar-refractivity contribution is 0.238. The maximum Gasteiger partial charge on any atom is 0.225 e. The summed E-state index contributed by atoms with van der Waals surface area (Å²) in [5, 5.41) is 9.07. The monoisotopic (exact) mass is 207 g/mol. The number of aliphatic hydroxyl groups excluding tert-OH is 1. The van der Waals surface area contributed by atoms with E-state index in [0.717, 1.165) is 36.8 Å². The molecule has 0 spiro atoms. The molecule has 1 aromatic rings. The first kappa shape index (κ1) is 10.4. The number of hydrogen-bond acceptors (Lipinski definition) is 4. The van der Waals surface area contributed by atoms with Crippen LogP contribution in [0.25, 0.3) is 0 Å². The van der Waals surface area contributed by atoms with E-state index in [4.69, 9.17) is 5.11 Å². The van der Waals surface area contributed by atoms with Crippen molar-refractivity contribution in [3.63, 3.8) is 0 Å². The van der Waals surface area contributed by atoms with E-state index < -0.39 is 0 Å². The summed E-state index contributed by atoms with van der Waals surface area (Å²) in [6.07, 6.45) is 1.03. The zero-order valence-corrected chi connectivity index (χ0v) is 9.27. The van der Waals surface area contributed by atoms with Gasteiger partial charge in [-0.25, -0.2) is 9.97 Å². The van der Waals surface area contributed by atoms with Gasteiger partial charge >= 0.3 is 0 Å². The Labute approximate surface area is 90.0 Å². The van der Waals surface area contributed by atoms with Crippen molar-refractivity contribution in [3.8, 4) is 0 Å². The van der Waals surface area contributed by atoms with Crippen molar-refractivity contribution >= 4 is 5.95 Å². The van der Waals surface area contributed by atoms with Gasteiger partial charge in [-0.15, -0.1) is 0 Å². The lowest BCUT2D eigenvalue weighted by atomic mass is 10.1. The maximum atomic E-state index is 9.07. The molecule has 1 aliphatic rings. The number of nitrogens with zero attached hydrogens (tertiary/aromatic N) is 3. The molecule has 0 amide bonds. The molecule has 82 valence electrons. The highest BCUT2D eigenvalue weighted by molar-refractivity contribution is 5.33. The number of aromatic nitrogens is 2. The van der Waals surface area contributed by atoms with Crippen LogP contribution < -0.4 is 4.90 Å². The number of anilines is 1. The van der Waals surface area contributed by atoms with E-state index in [2.05, 4.69) is 14.9 Å². The lowest BCUT2D eigenvalue weighted by Gasteiger charge is -2.16. The van der Waals surface area contributed by atoms with Gasteiger partial charge in [-0.1, -0.05) is 0 Å². The molecule has 1 atom stereocenters. The van der Waals surface area contributed by atoms with Gasteiger partial charge in [0.05, 0.1) is 0 Å². The van der Waals surface area contributed by atoms with E-state index in [-0.39, 0.29) is 6.61 Å². The van der Waals surface area contributed by atoms with Crippen molar-refractivity contribution in [2.24, 2.45) is 5.92 Å². The van der Waals surface area contributed by atoms with Crippen molar-refractivity contribution in [1.29, 1.82) is 0 Å². The Hall–Kier alpha value is -1.16.